The van der Waals surface area contributed by atoms with Gasteiger partial charge in [0, 0.05) is 41.3 Å². The van der Waals surface area contributed by atoms with Gasteiger partial charge in [-0.2, -0.15) is 15.5 Å². The third-order valence-corrected chi connectivity index (χ3v) is 5.28. The molecule has 4 rings (SSSR count). The van der Waals surface area contributed by atoms with Gasteiger partial charge in [0.25, 0.3) is 0 Å². The Kier molecular flexibility index (Phi) is 6.75. The molecular weight excluding hydrogens is 435 g/mol. The highest BCUT2D eigenvalue weighted by atomic mass is 19.1. The van der Waals surface area contributed by atoms with Crippen molar-refractivity contribution in [1.29, 1.82) is 5.26 Å². The van der Waals surface area contributed by atoms with Crippen molar-refractivity contribution in [2.75, 3.05) is 6.54 Å². The number of nitrogens with one attached hydrogen (secondary N) is 2. The molecule has 4 N–H and O–H groups in total. The first-order valence-corrected chi connectivity index (χ1v) is 10.7. The largest absolute Gasteiger partial charge is 0.353 e. The van der Waals surface area contributed by atoms with Gasteiger partial charge in [-0.15, -0.1) is 0 Å². The Morgan fingerprint density at radius 1 is 1.29 bits per heavy atom. The molecule has 0 saturated carbocycles. The zero-order valence-electron chi connectivity index (χ0n) is 18.5. The van der Waals surface area contributed by atoms with Gasteiger partial charge in [0.1, 0.15) is 11.5 Å². The maximum atomic E-state index is 14.7. The van der Waals surface area contributed by atoms with Crippen molar-refractivity contribution in [1.82, 2.24) is 30.3 Å². The fourth-order valence-corrected chi connectivity index (χ4v) is 3.53. The summed E-state index contributed by atoms with van der Waals surface area (Å²) in [7, 11) is 0. The van der Waals surface area contributed by atoms with Crippen LogP contribution in [0.5, 0.6) is 0 Å². The van der Waals surface area contributed by atoms with Crippen molar-refractivity contribution in [3.63, 3.8) is 0 Å². The summed E-state index contributed by atoms with van der Waals surface area (Å²) in [6.07, 6.45) is 5.00. The van der Waals surface area contributed by atoms with Gasteiger partial charge in [0.2, 0.25) is 5.91 Å². The lowest BCUT2D eigenvalue weighted by Gasteiger charge is -2.09. The molecule has 0 radical (unpaired) electrons. The molecule has 0 spiro atoms. The molecular formula is C24H23FN8O. The van der Waals surface area contributed by atoms with Crippen molar-refractivity contribution in [3.05, 3.63) is 66.5 Å². The molecule has 0 aliphatic carbocycles. The minimum absolute atomic E-state index is 0.0499. The number of amides is 1. The zero-order valence-corrected chi connectivity index (χ0v) is 18.5. The number of benzene rings is 1. The molecule has 9 nitrogen and oxygen atoms in total. The maximum absolute atomic E-state index is 14.7. The summed E-state index contributed by atoms with van der Waals surface area (Å²) in [5, 5.41) is 22.8. The van der Waals surface area contributed by atoms with Crippen molar-refractivity contribution < 1.29 is 9.18 Å². The number of pyridine rings is 1. The molecule has 0 aliphatic heterocycles. The summed E-state index contributed by atoms with van der Waals surface area (Å²) in [5.74, 6) is -0.774. The van der Waals surface area contributed by atoms with E-state index in [9.17, 15) is 9.18 Å². The van der Waals surface area contributed by atoms with E-state index in [0.29, 0.717) is 23.4 Å². The quantitative estimate of drug-likeness (QED) is 0.371. The number of hydrogen-bond acceptors (Lipinski definition) is 6. The Bertz CT molecular complexity index is 1350. The SMILES string of the molecule is Cc1cccc(-c2n[nH]cc2-c2ccc(F)c(-c3cnn(CCNC(=O)[C@@H](N)CC#N)c3)c2)n1. The van der Waals surface area contributed by atoms with E-state index in [0.717, 1.165) is 22.5 Å². The van der Waals surface area contributed by atoms with E-state index in [1.807, 2.05) is 31.2 Å². The fourth-order valence-electron chi connectivity index (χ4n) is 3.53. The van der Waals surface area contributed by atoms with E-state index >= 15 is 0 Å². The highest BCUT2D eigenvalue weighted by molar-refractivity contribution is 5.82. The zero-order chi connectivity index (χ0) is 24.1. The van der Waals surface area contributed by atoms with Gasteiger partial charge in [0.05, 0.1) is 37.0 Å². The highest BCUT2D eigenvalue weighted by Crippen LogP contribution is 2.33. The molecule has 0 aliphatic rings. The first kappa shape index (κ1) is 22.8. The third kappa shape index (κ3) is 5.00. The number of aryl methyl sites for hydroxylation is 1. The summed E-state index contributed by atoms with van der Waals surface area (Å²) in [6.45, 7) is 2.57. The van der Waals surface area contributed by atoms with Gasteiger partial charge < -0.3 is 11.1 Å². The van der Waals surface area contributed by atoms with E-state index in [1.165, 1.54) is 6.07 Å². The number of H-pyrrole nitrogens is 1. The number of rotatable bonds is 8. The second-order valence-electron chi connectivity index (χ2n) is 7.76. The molecule has 0 unspecified atom stereocenters. The molecule has 1 atom stereocenters. The summed E-state index contributed by atoms with van der Waals surface area (Å²) in [5.41, 5.74) is 10.5. The van der Waals surface area contributed by atoms with Gasteiger partial charge >= 0.3 is 0 Å². The molecule has 4 aromatic rings. The summed E-state index contributed by atoms with van der Waals surface area (Å²) >= 11 is 0. The van der Waals surface area contributed by atoms with E-state index in [4.69, 9.17) is 11.0 Å². The molecule has 10 heteroatoms. The Morgan fingerprint density at radius 3 is 2.94 bits per heavy atom. The van der Waals surface area contributed by atoms with Crippen molar-refractivity contribution in [2.45, 2.75) is 25.9 Å². The van der Waals surface area contributed by atoms with E-state index in [1.54, 1.807) is 35.4 Å². The van der Waals surface area contributed by atoms with Crippen LogP contribution in [0.15, 0.2) is 55.0 Å². The van der Waals surface area contributed by atoms with Gasteiger partial charge in [-0.25, -0.2) is 4.39 Å². The van der Waals surface area contributed by atoms with Crippen LogP contribution in [0.4, 0.5) is 4.39 Å². The lowest BCUT2D eigenvalue weighted by atomic mass is 9.99. The standard InChI is InChI=1S/C24H23FN8O/c1-15-3-2-4-22(31-15)23-19(13-29-32-23)16-5-6-20(25)18(11-16)17-12-30-33(14-17)10-9-28-24(34)21(27)7-8-26/h2-6,11-14,21H,7,9-10,27H2,1H3,(H,28,34)(H,29,32)/t21-/m0/s1. The average Bonchev–Trinajstić information content (AvgIpc) is 3.50. The van der Waals surface area contributed by atoms with Crippen LogP contribution in [0.2, 0.25) is 0 Å². The smallest absolute Gasteiger partial charge is 0.238 e. The second kappa shape index (κ2) is 10.1. The van der Waals surface area contributed by atoms with E-state index in [-0.39, 0.29) is 18.8 Å². The van der Waals surface area contributed by atoms with Gasteiger partial charge in [-0.05, 0) is 36.8 Å². The minimum Gasteiger partial charge on any atom is -0.353 e. The van der Waals surface area contributed by atoms with Crippen LogP contribution in [0, 0.1) is 24.1 Å². The Balaban J connectivity index is 1.52. The summed E-state index contributed by atoms with van der Waals surface area (Å²) in [6, 6.07) is 11.6. The Labute approximate surface area is 195 Å². The van der Waals surface area contributed by atoms with Gasteiger partial charge in [0.15, 0.2) is 0 Å². The molecule has 0 saturated heterocycles. The lowest BCUT2D eigenvalue weighted by molar-refractivity contribution is -0.122. The van der Waals surface area contributed by atoms with Crippen molar-refractivity contribution in [3.8, 4) is 39.7 Å². The first-order chi connectivity index (χ1) is 16.5. The number of nitrogens with two attached hydrogens (primary N) is 1. The van der Waals surface area contributed by atoms with Crippen LogP contribution in [0.25, 0.3) is 33.6 Å². The number of halogens is 1. The average molecular weight is 459 g/mol. The first-order valence-electron chi connectivity index (χ1n) is 10.7. The number of carbonyl (C=O) groups is 1. The number of aromatic nitrogens is 5. The Morgan fingerprint density at radius 2 is 2.15 bits per heavy atom. The normalized spacial score (nSPS) is 11.7. The van der Waals surface area contributed by atoms with Crippen LogP contribution in [-0.4, -0.2) is 43.5 Å². The molecule has 3 aromatic heterocycles. The molecule has 3 heterocycles. The fraction of sp³-hybridized carbons (Fsp3) is 0.208. The van der Waals surface area contributed by atoms with Crippen molar-refractivity contribution >= 4 is 5.91 Å². The van der Waals surface area contributed by atoms with Crippen LogP contribution in [0.3, 0.4) is 0 Å². The van der Waals surface area contributed by atoms with Crippen molar-refractivity contribution in [2.24, 2.45) is 5.73 Å². The Hall–Kier alpha value is -4.36. The second-order valence-corrected chi connectivity index (χ2v) is 7.76. The van der Waals surface area contributed by atoms with E-state index < -0.39 is 11.9 Å². The number of aromatic amines is 1. The molecule has 34 heavy (non-hydrogen) atoms. The maximum Gasteiger partial charge on any atom is 0.238 e. The molecule has 0 bridgehead atoms. The summed E-state index contributed by atoms with van der Waals surface area (Å²) in [4.78, 5) is 16.4. The number of hydrogen-bond donors (Lipinski definition) is 3. The minimum atomic E-state index is -0.863. The molecule has 1 aromatic carbocycles. The number of nitrogens with zero attached hydrogens (tertiary/aromatic N) is 5. The molecule has 172 valence electrons. The van der Waals surface area contributed by atoms with Gasteiger partial charge in [-0.1, -0.05) is 12.1 Å². The van der Waals surface area contributed by atoms with E-state index in [2.05, 4.69) is 25.6 Å². The molecule has 1 amide bonds. The topological polar surface area (TPSA) is 138 Å². The predicted octanol–water partition coefficient (Wildman–Crippen LogP) is 2.81. The van der Waals surface area contributed by atoms with Gasteiger partial charge in [-0.3, -0.25) is 19.6 Å². The lowest BCUT2D eigenvalue weighted by Crippen LogP contribution is -2.41. The van der Waals surface area contributed by atoms with Crippen LogP contribution >= 0.6 is 0 Å². The third-order valence-electron chi connectivity index (χ3n) is 5.28. The van der Waals surface area contributed by atoms with Crippen LogP contribution < -0.4 is 11.1 Å². The predicted molar refractivity (Wildman–Crippen MR) is 124 cm³/mol. The monoisotopic (exact) mass is 458 g/mol. The number of carbonyl (C=O) groups excluding carboxylic acids is 1. The highest BCUT2D eigenvalue weighted by Gasteiger charge is 2.16. The molecule has 0 fully saturated rings. The number of nitriles is 1. The summed E-state index contributed by atoms with van der Waals surface area (Å²) < 4.78 is 16.3. The van der Waals surface area contributed by atoms with Crippen LogP contribution in [0.1, 0.15) is 12.1 Å². The van der Waals surface area contributed by atoms with Crippen LogP contribution in [-0.2, 0) is 11.3 Å².